The van der Waals surface area contributed by atoms with E-state index in [0.29, 0.717) is 12.8 Å². The maximum atomic E-state index is 11.8. The second kappa shape index (κ2) is 6.82. The number of esters is 1. The summed E-state index contributed by atoms with van der Waals surface area (Å²) in [5.41, 5.74) is -0.434. The highest BCUT2D eigenvalue weighted by Gasteiger charge is 2.17. The van der Waals surface area contributed by atoms with E-state index in [4.69, 9.17) is 9.47 Å². The monoisotopic (exact) mass is 300 g/mol. The molecule has 0 heterocycles. The molecule has 1 atom stereocenters. The maximum Gasteiger partial charge on any atom is 0.306 e. The molecular formula is C19H24O3. The summed E-state index contributed by atoms with van der Waals surface area (Å²) in [6.45, 7) is 7.61. The predicted octanol–water partition coefficient (Wildman–Crippen LogP) is 4.73. The standard InChI is InChI=1S/C19H24O3/c1-14(12-13-18(20)22-19(2,3)4)21-17-11-7-9-15-8-5-6-10-16(15)17/h5-11,14H,12-13H2,1-4H3. The molecular weight excluding hydrogens is 276 g/mol. The van der Waals surface area contributed by atoms with Crippen LogP contribution in [0.5, 0.6) is 5.75 Å². The molecule has 0 radical (unpaired) electrons. The summed E-state index contributed by atoms with van der Waals surface area (Å²) in [6, 6.07) is 14.1. The van der Waals surface area contributed by atoms with E-state index in [9.17, 15) is 4.79 Å². The summed E-state index contributed by atoms with van der Waals surface area (Å²) >= 11 is 0. The van der Waals surface area contributed by atoms with Crippen molar-refractivity contribution in [1.29, 1.82) is 0 Å². The van der Waals surface area contributed by atoms with Gasteiger partial charge >= 0.3 is 5.97 Å². The number of benzene rings is 2. The molecule has 0 aromatic heterocycles. The van der Waals surface area contributed by atoms with E-state index in [0.717, 1.165) is 16.5 Å². The fourth-order valence-electron chi connectivity index (χ4n) is 2.29. The largest absolute Gasteiger partial charge is 0.490 e. The Kier molecular flexibility index (Phi) is 5.07. The van der Waals surface area contributed by atoms with Crippen molar-refractivity contribution in [3.63, 3.8) is 0 Å². The Bertz CT molecular complexity index is 635. The summed E-state index contributed by atoms with van der Waals surface area (Å²) in [6.07, 6.45) is 0.958. The zero-order chi connectivity index (χ0) is 16.2. The van der Waals surface area contributed by atoms with Crippen molar-refractivity contribution >= 4 is 16.7 Å². The van der Waals surface area contributed by atoms with Crippen molar-refractivity contribution in [2.45, 2.75) is 52.2 Å². The highest BCUT2D eigenvalue weighted by molar-refractivity contribution is 5.88. The van der Waals surface area contributed by atoms with Gasteiger partial charge < -0.3 is 9.47 Å². The van der Waals surface area contributed by atoms with Crippen molar-refractivity contribution in [2.24, 2.45) is 0 Å². The molecule has 3 nitrogen and oxygen atoms in total. The lowest BCUT2D eigenvalue weighted by molar-refractivity contribution is -0.155. The topological polar surface area (TPSA) is 35.5 Å². The molecule has 0 N–H and O–H groups in total. The average Bonchev–Trinajstić information content (AvgIpc) is 2.44. The van der Waals surface area contributed by atoms with Crippen LogP contribution in [-0.2, 0) is 9.53 Å². The van der Waals surface area contributed by atoms with Gasteiger partial charge in [-0.25, -0.2) is 0 Å². The predicted molar refractivity (Wildman–Crippen MR) is 89.1 cm³/mol. The Balaban J connectivity index is 1.94. The van der Waals surface area contributed by atoms with Gasteiger partial charge in [0.1, 0.15) is 11.4 Å². The van der Waals surface area contributed by atoms with Crippen molar-refractivity contribution in [3.8, 4) is 5.75 Å². The van der Waals surface area contributed by atoms with Gasteiger partial charge in [-0.2, -0.15) is 0 Å². The summed E-state index contributed by atoms with van der Waals surface area (Å²) < 4.78 is 11.3. The van der Waals surface area contributed by atoms with Crippen molar-refractivity contribution in [1.82, 2.24) is 0 Å². The molecule has 0 aliphatic rings. The minimum atomic E-state index is -0.434. The van der Waals surface area contributed by atoms with Gasteiger partial charge in [-0.3, -0.25) is 4.79 Å². The summed E-state index contributed by atoms with van der Waals surface area (Å²) in [4.78, 5) is 11.8. The van der Waals surface area contributed by atoms with Gasteiger partial charge in [0.2, 0.25) is 0 Å². The number of hydrogen-bond donors (Lipinski definition) is 0. The summed E-state index contributed by atoms with van der Waals surface area (Å²) in [5.74, 6) is 0.677. The SMILES string of the molecule is CC(CCC(=O)OC(C)(C)C)Oc1cccc2ccccc12. The van der Waals surface area contributed by atoms with Gasteiger partial charge in [-0.05, 0) is 45.6 Å². The van der Waals surface area contributed by atoms with Crippen LogP contribution in [0.4, 0.5) is 0 Å². The molecule has 2 aromatic carbocycles. The lowest BCUT2D eigenvalue weighted by Crippen LogP contribution is -2.25. The molecule has 1 unspecified atom stereocenters. The Morgan fingerprint density at radius 3 is 2.50 bits per heavy atom. The van der Waals surface area contributed by atoms with Crippen molar-refractivity contribution in [2.75, 3.05) is 0 Å². The van der Waals surface area contributed by atoms with E-state index in [1.807, 2.05) is 58.0 Å². The first-order chi connectivity index (χ1) is 10.3. The number of rotatable bonds is 5. The smallest absolute Gasteiger partial charge is 0.306 e. The third-order valence-corrected chi connectivity index (χ3v) is 3.25. The second-order valence-electron chi connectivity index (χ2n) is 6.53. The molecule has 0 bridgehead atoms. The number of carbonyl (C=O) groups excluding carboxylic acids is 1. The van der Waals surface area contributed by atoms with Crippen LogP contribution < -0.4 is 4.74 Å². The van der Waals surface area contributed by atoms with Crippen LogP contribution in [0.15, 0.2) is 42.5 Å². The molecule has 0 fully saturated rings. The molecule has 0 saturated heterocycles. The number of fused-ring (bicyclic) bond motifs is 1. The number of carbonyl (C=O) groups is 1. The van der Waals surface area contributed by atoms with E-state index in [2.05, 4.69) is 12.1 Å². The highest BCUT2D eigenvalue weighted by atomic mass is 16.6. The number of ether oxygens (including phenoxy) is 2. The lowest BCUT2D eigenvalue weighted by Gasteiger charge is -2.20. The molecule has 3 heteroatoms. The first-order valence-corrected chi connectivity index (χ1v) is 7.71. The molecule has 118 valence electrons. The van der Waals surface area contributed by atoms with Crippen LogP contribution >= 0.6 is 0 Å². The van der Waals surface area contributed by atoms with E-state index >= 15 is 0 Å². The third-order valence-electron chi connectivity index (χ3n) is 3.25. The summed E-state index contributed by atoms with van der Waals surface area (Å²) in [7, 11) is 0. The van der Waals surface area contributed by atoms with Crippen LogP contribution in [0, 0.1) is 0 Å². The highest BCUT2D eigenvalue weighted by Crippen LogP contribution is 2.26. The Morgan fingerprint density at radius 1 is 1.09 bits per heavy atom. The summed E-state index contributed by atoms with van der Waals surface area (Å²) in [5, 5.41) is 2.24. The Morgan fingerprint density at radius 2 is 1.77 bits per heavy atom. The quantitative estimate of drug-likeness (QED) is 0.749. The second-order valence-corrected chi connectivity index (χ2v) is 6.53. The van der Waals surface area contributed by atoms with Gasteiger partial charge in [0, 0.05) is 11.8 Å². The van der Waals surface area contributed by atoms with Gasteiger partial charge in [-0.1, -0.05) is 36.4 Å². The van der Waals surface area contributed by atoms with E-state index in [1.165, 1.54) is 0 Å². The molecule has 0 amide bonds. The van der Waals surface area contributed by atoms with Crippen LogP contribution in [0.2, 0.25) is 0 Å². The van der Waals surface area contributed by atoms with Crippen LogP contribution in [0.1, 0.15) is 40.5 Å². The Hall–Kier alpha value is -2.03. The van der Waals surface area contributed by atoms with Crippen molar-refractivity contribution < 1.29 is 14.3 Å². The zero-order valence-electron chi connectivity index (χ0n) is 13.8. The van der Waals surface area contributed by atoms with E-state index in [1.54, 1.807) is 0 Å². The third kappa shape index (κ3) is 4.76. The fraction of sp³-hybridized carbons (Fsp3) is 0.421. The van der Waals surface area contributed by atoms with Gasteiger partial charge in [-0.15, -0.1) is 0 Å². The molecule has 2 rings (SSSR count). The van der Waals surface area contributed by atoms with Gasteiger partial charge in [0.15, 0.2) is 0 Å². The lowest BCUT2D eigenvalue weighted by atomic mass is 10.1. The molecule has 0 aliphatic heterocycles. The molecule has 0 spiro atoms. The van der Waals surface area contributed by atoms with Crippen LogP contribution in [-0.4, -0.2) is 17.7 Å². The molecule has 22 heavy (non-hydrogen) atoms. The van der Waals surface area contributed by atoms with Crippen LogP contribution in [0.3, 0.4) is 0 Å². The molecule has 2 aromatic rings. The van der Waals surface area contributed by atoms with Gasteiger partial charge in [0.25, 0.3) is 0 Å². The van der Waals surface area contributed by atoms with Crippen molar-refractivity contribution in [3.05, 3.63) is 42.5 Å². The molecule has 0 aliphatic carbocycles. The number of hydrogen-bond acceptors (Lipinski definition) is 3. The Labute approximate surface area is 132 Å². The van der Waals surface area contributed by atoms with E-state index < -0.39 is 5.60 Å². The average molecular weight is 300 g/mol. The fourth-order valence-corrected chi connectivity index (χ4v) is 2.29. The first kappa shape index (κ1) is 16.3. The van der Waals surface area contributed by atoms with E-state index in [-0.39, 0.29) is 12.1 Å². The van der Waals surface area contributed by atoms with Gasteiger partial charge in [0.05, 0.1) is 6.10 Å². The maximum absolute atomic E-state index is 11.8. The molecule has 0 saturated carbocycles. The van der Waals surface area contributed by atoms with Crippen LogP contribution in [0.25, 0.3) is 10.8 Å². The zero-order valence-corrected chi connectivity index (χ0v) is 13.8. The minimum Gasteiger partial charge on any atom is -0.490 e. The normalized spacial score (nSPS) is 12.9. The first-order valence-electron chi connectivity index (χ1n) is 7.71. The minimum absolute atomic E-state index is 0.0432.